The zero-order valence-corrected chi connectivity index (χ0v) is 17.9. The molecule has 7 nitrogen and oxygen atoms in total. The largest absolute Gasteiger partial charge is 0.497 e. The average molecular weight is 422 g/mol. The van der Waals surface area contributed by atoms with Gasteiger partial charge in [0.15, 0.2) is 5.13 Å². The van der Waals surface area contributed by atoms with Crippen LogP contribution in [0.15, 0.2) is 54.7 Å². The van der Waals surface area contributed by atoms with Crippen molar-refractivity contribution in [3.05, 3.63) is 60.3 Å². The van der Waals surface area contributed by atoms with Gasteiger partial charge in [-0.15, -0.1) is 0 Å². The number of para-hydroxylation sites is 1. The summed E-state index contributed by atoms with van der Waals surface area (Å²) in [6, 6.07) is 15.5. The molecule has 0 aliphatic rings. The van der Waals surface area contributed by atoms with Gasteiger partial charge < -0.3 is 15.0 Å². The van der Waals surface area contributed by atoms with Gasteiger partial charge in [-0.25, -0.2) is 9.67 Å². The number of anilines is 2. The van der Waals surface area contributed by atoms with E-state index in [0.717, 1.165) is 21.7 Å². The molecule has 1 amide bonds. The molecule has 2 heterocycles. The Kier molecular flexibility index (Phi) is 5.67. The molecule has 0 saturated heterocycles. The number of amides is 1. The van der Waals surface area contributed by atoms with Crippen molar-refractivity contribution in [1.82, 2.24) is 19.7 Å². The fourth-order valence-corrected chi connectivity index (χ4v) is 4.15. The van der Waals surface area contributed by atoms with Crippen molar-refractivity contribution in [2.45, 2.75) is 13.8 Å². The summed E-state index contributed by atoms with van der Waals surface area (Å²) in [6.45, 7) is 5.20. The van der Waals surface area contributed by atoms with Gasteiger partial charge in [-0.3, -0.25) is 4.79 Å². The predicted octanol–water partition coefficient (Wildman–Crippen LogP) is 4.72. The lowest BCUT2D eigenvalue weighted by atomic mass is 10.2. The number of methoxy groups -OCH3 is 1. The van der Waals surface area contributed by atoms with Crippen molar-refractivity contribution in [3.63, 3.8) is 0 Å². The van der Waals surface area contributed by atoms with Crippen LogP contribution in [-0.4, -0.2) is 45.8 Å². The van der Waals surface area contributed by atoms with Gasteiger partial charge in [-0.2, -0.15) is 5.10 Å². The van der Waals surface area contributed by atoms with Gasteiger partial charge >= 0.3 is 0 Å². The number of nitrogens with zero attached hydrogens (tertiary/aromatic N) is 4. The minimum absolute atomic E-state index is 0.0625. The first kappa shape index (κ1) is 19.9. The molecule has 0 saturated carbocycles. The maximum Gasteiger partial charge on any atom is 0.259 e. The smallest absolute Gasteiger partial charge is 0.259 e. The molecule has 0 unspecified atom stereocenters. The number of fused-ring (bicyclic) bond motifs is 1. The maximum atomic E-state index is 13.1. The maximum absolute atomic E-state index is 13.1. The van der Waals surface area contributed by atoms with Crippen LogP contribution in [0.25, 0.3) is 15.9 Å². The highest BCUT2D eigenvalue weighted by atomic mass is 32.1. The van der Waals surface area contributed by atoms with Gasteiger partial charge in [-0.1, -0.05) is 29.5 Å². The Morgan fingerprint density at radius 2 is 1.93 bits per heavy atom. The first-order valence-electron chi connectivity index (χ1n) is 9.79. The molecule has 30 heavy (non-hydrogen) atoms. The van der Waals surface area contributed by atoms with E-state index in [-0.39, 0.29) is 5.91 Å². The van der Waals surface area contributed by atoms with E-state index in [1.54, 1.807) is 22.9 Å². The van der Waals surface area contributed by atoms with Crippen molar-refractivity contribution in [3.8, 4) is 11.4 Å². The fraction of sp³-hybridized carbons (Fsp3) is 0.227. The third-order valence-corrected chi connectivity index (χ3v) is 5.81. The van der Waals surface area contributed by atoms with Gasteiger partial charge in [0.2, 0.25) is 0 Å². The zero-order valence-electron chi connectivity index (χ0n) is 17.1. The minimum atomic E-state index is -0.0625. The molecule has 154 valence electrons. The summed E-state index contributed by atoms with van der Waals surface area (Å²) in [5.41, 5.74) is 2.24. The summed E-state index contributed by atoms with van der Waals surface area (Å²) in [6.07, 6.45) is 1.62. The normalized spacial score (nSPS) is 10.9. The van der Waals surface area contributed by atoms with Crippen LogP contribution in [0.3, 0.4) is 0 Å². The molecule has 0 bridgehead atoms. The van der Waals surface area contributed by atoms with Gasteiger partial charge in [0.1, 0.15) is 17.1 Å². The summed E-state index contributed by atoms with van der Waals surface area (Å²) in [5.74, 6) is 1.32. The Hall–Kier alpha value is -3.39. The molecule has 4 rings (SSSR count). The first-order chi connectivity index (χ1) is 14.6. The molecule has 0 aliphatic carbocycles. The molecular weight excluding hydrogens is 398 g/mol. The molecule has 2 aromatic carbocycles. The van der Waals surface area contributed by atoms with Gasteiger partial charge in [-0.05, 0) is 44.2 Å². The number of rotatable bonds is 7. The number of aromatic nitrogens is 3. The van der Waals surface area contributed by atoms with Crippen molar-refractivity contribution >= 4 is 38.4 Å². The third kappa shape index (κ3) is 3.73. The monoisotopic (exact) mass is 421 g/mol. The van der Waals surface area contributed by atoms with Crippen LogP contribution >= 0.6 is 11.3 Å². The average Bonchev–Trinajstić information content (AvgIpc) is 3.38. The second-order valence-corrected chi connectivity index (χ2v) is 7.64. The molecule has 0 atom stereocenters. The molecule has 0 aliphatic heterocycles. The van der Waals surface area contributed by atoms with E-state index in [1.165, 1.54) is 11.3 Å². The number of hydrogen-bond donors (Lipinski definition) is 1. The van der Waals surface area contributed by atoms with Crippen molar-refractivity contribution in [2.75, 3.05) is 25.5 Å². The summed E-state index contributed by atoms with van der Waals surface area (Å²) in [5, 5.41) is 8.53. The van der Waals surface area contributed by atoms with E-state index in [0.29, 0.717) is 29.6 Å². The van der Waals surface area contributed by atoms with Crippen molar-refractivity contribution < 1.29 is 9.53 Å². The third-order valence-electron chi connectivity index (χ3n) is 4.87. The second kappa shape index (κ2) is 8.54. The topological polar surface area (TPSA) is 72.3 Å². The van der Waals surface area contributed by atoms with Gasteiger partial charge in [0.25, 0.3) is 5.91 Å². The number of carbonyl (C=O) groups is 1. The molecule has 4 aromatic rings. The van der Waals surface area contributed by atoms with Crippen LogP contribution in [-0.2, 0) is 0 Å². The highest BCUT2D eigenvalue weighted by Crippen LogP contribution is 2.33. The number of ether oxygens (including phenoxy) is 1. The van der Waals surface area contributed by atoms with E-state index < -0.39 is 0 Å². The van der Waals surface area contributed by atoms with Crippen LogP contribution in [0.1, 0.15) is 24.2 Å². The lowest BCUT2D eigenvalue weighted by Gasteiger charge is -2.19. The molecule has 1 N–H and O–H groups in total. The molecular formula is C22H23N5O2S. The Labute approximate surface area is 178 Å². The Morgan fingerprint density at radius 3 is 2.63 bits per heavy atom. The molecule has 0 radical (unpaired) electrons. The summed E-state index contributed by atoms with van der Waals surface area (Å²) in [4.78, 5) is 19.6. The standard InChI is InChI=1S/C22H23N5O2S/c1-4-26(5-2)21(28)17-14-23-27(15-9-7-6-8-10-15)20(17)25-22-24-18-12-11-16(29-3)13-19(18)30-22/h6-14H,4-5H2,1-3H3,(H,24,25). The first-order valence-corrected chi connectivity index (χ1v) is 10.6. The summed E-state index contributed by atoms with van der Waals surface area (Å²) < 4.78 is 8.05. The number of nitrogens with one attached hydrogen (secondary N) is 1. The lowest BCUT2D eigenvalue weighted by Crippen LogP contribution is -2.30. The summed E-state index contributed by atoms with van der Waals surface area (Å²) >= 11 is 1.50. The lowest BCUT2D eigenvalue weighted by molar-refractivity contribution is 0.0774. The SMILES string of the molecule is CCN(CC)C(=O)c1cnn(-c2ccccc2)c1Nc1nc2ccc(OC)cc2s1. The van der Waals surface area contributed by atoms with Crippen molar-refractivity contribution in [2.24, 2.45) is 0 Å². The molecule has 0 spiro atoms. The highest BCUT2D eigenvalue weighted by molar-refractivity contribution is 7.22. The van der Waals surface area contributed by atoms with Gasteiger partial charge in [0.05, 0.1) is 29.2 Å². The Morgan fingerprint density at radius 1 is 1.17 bits per heavy atom. The van der Waals surface area contributed by atoms with E-state index in [1.807, 2.05) is 62.4 Å². The van der Waals surface area contributed by atoms with Crippen LogP contribution in [0, 0.1) is 0 Å². The Balaban J connectivity index is 1.78. The second-order valence-electron chi connectivity index (χ2n) is 6.61. The number of thiazole rings is 1. The Bertz CT molecular complexity index is 1160. The van der Waals surface area contributed by atoms with Gasteiger partial charge in [0, 0.05) is 13.1 Å². The fourth-order valence-electron chi connectivity index (χ4n) is 3.26. The highest BCUT2D eigenvalue weighted by Gasteiger charge is 2.23. The van der Waals surface area contributed by atoms with Crippen LogP contribution in [0.2, 0.25) is 0 Å². The van der Waals surface area contributed by atoms with E-state index >= 15 is 0 Å². The zero-order chi connectivity index (χ0) is 21.1. The van der Waals surface area contributed by atoms with Crippen LogP contribution in [0.4, 0.5) is 10.9 Å². The molecule has 8 heteroatoms. The van der Waals surface area contributed by atoms with Crippen LogP contribution in [0.5, 0.6) is 5.75 Å². The van der Waals surface area contributed by atoms with E-state index in [4.69, 9.17) is 4.74 Å². The minimum Gasteiger partial charge on any atom is -0.497 e. The number of benzene rings is 2. The predicted molar refractivity (Wildman–Crippen MR) is 120 cm³/mol. The molecule has 2 aromatic heterocycles. The van der Waals surface area contributed by atoms with E-state index in [9.17, 15) is 4.79 Å². The van der Waals surface area contributed by atoms with Crippen LogP contribution < -0.4 is 10.1 Å². The number of hydrogen-bond acceptors (Lipinski definition) is 6. The van der Waals surface area contributed by atoms with Crippen molar-refractivity contribution in [1.29, 1.82) is 0 Å². The number of carbonyl (C=O) groups excluding carboxylic acids is 1. The molecule has 0 fully saturated rings. The summed E-state index contributed by atoms with van der Waals surface area (Å²) in [7, 11) is 1.64. The quantitative estimate of drug-likeness (QED) is 0.468. The van der Waals surface area contributed by atoms with E-state index in [2.05, 4.69) is 15.4 Å².